The number of anilines is 2. The Bertz CT molecular complexity index is 560. The fourth-order valence-corrected chi connectivity index (χ4v) is 8.43. The molecule has 0 unspecified atom stereocenters. The van der Waals surface area contributed by atoms with Gasteiger partial charge in [0, 0.05) is 45.5 Å². The molecule has 0 bridgehead atoms. The van der Waals surface area contributed by atoms with E-state index in [0.29, 0.717) is 11.5 Å². The molecular weight excluding hydrogens is 349 g/mol. The van der Waals surface area contributed by atoms with E-state index >= 15 is 0 Å². The summed E-state index contributed by atoms with van der Waals surface area (Å²) in [6.07, 6.45) is 9.06. The van der Waals surface area contributed by atoms with Crippen LogP contribution < -0.4 is 16.7 Å². The van der Waals surface area contributed by atoms with Crippen LogP contribution in [0.3, 0.4) is 0 Å². The molecule has 1 aromatic heterocycles. The van der Waals surface area contributed by atoms with Crippen molar-refractivity contribution >= 4 is 19.4 Å². The van der Waals surface area contributed by atoms with Gasteiger partial charge in [-0.25, -0.2) is 10.8 Å². The number of pyridine rings is 1. The van der Waals surface area contributed by atoms with E-state index in [1.54, 1.807) is 6.20 Å². The van der Waals surface area contributed by atoms with Gasteiger partial charge in [0.05, 0.1) is 5.69 Å². The third kappa shape index (κ3) is 3.30. The van der Waals surface area contributed by atoms with Gasteiger partial charge in [-0.3, -0.25) is 0 Å². The molecule has 3 aliphatic heterocycles. The number of rotatable bonds is 6. The van der Waals surface area contributed by atoms with Gasteiger partial charge >= 0.3 is 7.94 Å². The molecule has 0 amide bonds. The molecule has 0 spiro atoms. The maximum absolute atomic E-state index is 6.71. The van der Waals surface area contributed by atoms with Crippen LogP contribution in [-0.4, -0.2) is 58.3 Å². The molecule has 0 atom stereocenters. The Morgan fingerprint density at radius 1 is 0.885 bits per heavy atom. The van der Waals surface area contributed by atoms with Gasteiger partial charge in [0.25, 0.3) is 0 Å². The Morgan fingerprint density at radius 3 is 1.77 bits per heavy atom. The summed E-state index contributed by atoms with van der Waals surface area (Å²) in [6.45, 7) is 6.45. The van der Waals surface area contributed by atoms with E-state index < -0.39 is 7.94 Å². The first-order valence-electron chi connectivity index (χ1n) is 9.82. The number of hydrogen-bond acceptors (Lipinski definition) is 8. The van der Waals surface area contributed by atoms with Gasteiger partial charge in [-0.15, -0.1) is 19.2 Å². The van der Waals surface area contributed by atoms with E-state index in [1.165, 1.54) is 43.7 Å². The Hall–Kier alpha value is -1.02. The van der Waals surface area contributed by atoms with Crippen molar-refractivity contribution in [3.63, 3.8) is 0 Å². The normalized spacial score (nSPS) is 23.1. The average molecular weight is 380 g/mol. The summed E-state index contributed by atoms with van der Waals surface area (Å²) in [4.78, 5) is 4.36. The molecule has 3 fully saturated rings. The van der Waals surface area contributed by atoms with Gasteiger partial charge in [0.2, 0.25) is 0 Å². The minimum absolute atomic E-state index is 0.495. The first-order chi connectivity index (χ1) is 12.7. The molecule has 3 aliphatic rings. The highest BCUT2D eigenvalue weighted by molar-refractivity contribution is 7.64. The molecule has 0 radical (unpaired) electrons. The largest absolute Gasteiger partial charge is 0.404 e. The SMILES string of the molecule is Nc1cccnc1N(N)O[P+](N1CCCC1)(N1CCCC1)N1CCCC1. The van der Waals surface area contributed by atoms with Gasteiger partial charge in [0.15, 0.2) is 5.82 Å². The quantitative estimate of drug-likeness (QED) is 0.441. The molecule has 144 valence electrons. The second-order valence-electron chi connectivity index (χ2n) is 7.32. The lowest BCUT2D eigenvalue weighted by Crippen LogP contribution is -2.48. The molecule has 1 aromatic rings. The van der Waals surface area contributed by atoms with Crippen molar-refractivity contribution in [2.45, 2.75) is 38.5 Å². The zero-order valence-electron chi connectivity index (χ0n) is 15.5. The molecule has 3 saturated heterocycles. The lowest BCUT2D eigenvalue weighted by molar-refractivity contribution is 0.190. The number of nitrogens with zero attached hydrogens (tertiary/aromatic N) is 5. The molecule has 4 N–H and O–H groups in total. The molecule has 0 saturated carbocycles. The maximum Gasteiger partial charge on any atom is 0.404 e. The Labute approximate surface area is 156 Å². The summed E-state index contributed by atoms with van der Waals surface area (Å²) >= 11 is 0. The van der Waals surface area contributed by atoms with Crippen LogP contribution >= 0.6 is 7.94 Å². The molecule has 0 aliphatic carbocycles. The number of nitrogen functional groups attached to an aromatic ring is 1. The average Bonchev–Trinajstić information content (AvgIpc) is 3.44. The molecule has 0 aromatic carbocycles. The standard InChI is InChI=1S/C17H31N7OP/c18-16-8-7-9-20-17(16)24(19)25-26(21-10-1-2-11-21,22-12-3-4-13-22)23-14-5-6-15-23/h7-9H,1-6,10-15,18-19H2/q+1. The van der Waals surface area contributed by atoms with E-state index in [9.17, 15) is 0 Å². The monoisotopic (exact) mass is 380 g/mol. The first kappa shape index (κ1) is 18.3. The fourth-order valence-electron chi connectivity index (χ4n) is 4.32. The lowest BCUT2D eigenvalue weighted by atomic mass is 10.4. The van der Waals surface area contributed by atoms with Gasteiger partial charge in [-0.2, -0.15) is 0 Å². The van der Waals surface area contributed by atoms with Crippen LogP contribution in [0.15, 0.2) is 18.3 Å². The van der Waals surface area contributed by atoms with Gasteiger partial charge in [-0.05, 0) is 55.3 Å². The summed E-state index contributed by atoms with van der Waals surface area (Å²) in [5, 5.41) is 1.35. The van der Waals surface area contributed by atoms with Crippen LogP contribution in [0.25, 0.3) is 0 Å². The molecule has 8 nitrogen and oxygen atoms in total. The van der Waals surface area contributed by atoms with Gasteiger partial charge in [-0.1, -0.05) is 0 Å². The van der Waals surface area contributed by atoms with E-state index in [0.717, 1.165) is 39.3 Å². The zero-order chi connectivity index (χ0) is 18.0. The molecule has 4 rings (SSSR count). The minimum atomic E-state index is -2.18. The van der Waals surface area contributed by atoms with E-state index in [1.807, 2.05) is 12.1 Å². The summed E-state index contributed by atoms with van der Waals surface area (Å²) in [7, 11) is -2.18. The summed E-state index contributed by atoms with van der Waals surface area (Å²) in [5.74, 6) is 6.90. The third-order valence-electron chi connectivity index (χ3n) is 5.58. The van der Waals surface area contributed by atoms with Crippen molar-refractivity contribution in [2.24, 2.45) is 5.84 Å². The fraction of sp³-hybridized carbons (Fsp3) is 0.706. The van der Waals surface area contributed by atoms with Crippen molar-refractivity contribution in [3.05, 3.63) is 18.3 Å². The highest BCUT2D eigenvalue weighted by Crippen LogP contribution is 2.71. The maximum atomic E-state index is 6.71. The highest BCUT2D eigenvalue weighted by atomic mass is 31.2. The molecular formula is C17H31N7OP+. The third-order valence-corrected chi connectivity index (χ3v) is 9.38. The Kier molecular flexibility index (Phi) is 5.59. The zero-order valence-corrected chi connectivity index (χ0v) is 16.4. The van der Waals surface area contributed by atoms with Crippen molar-refractivity contribution in [3.8, 4) is 0 Å². The van der Waals surface area contributed by atoms with Crippen LogP contribution in [0.5, 0.6) is 0 Å². The van der Waals surface area contributed by atoms with Gasteiger partial charge in [0.1, 0.15) is 0 Å². The van der Waals surface area contributed by atoms with Crippen LogP contribution in [0.1, 0.15) is 38.5 Å². The van der Waals surface area contributed by atoms with Crippen molar-refractivity contribution in [1.82, 2.24) is 19.0 Å². The number of aromatic nitrogens is 1. The first-order valence-corrected chi connectivity index (χ1v) is 11.4. The van der Waals surface area contributed by atoms with Crippen molar-refractivity contribution in [2.75, 3.05) is 50.2 Å². The number of hydrazine groups is 1. The second-order valence-corrected chi connectivity index (χ2v) is 10.2. The summed E-state index contributed by atoms with van der Waals surface area (Å²) in [6, 6.07) is 3.63. The minimum Gasteiger partial charge on any atom is -0.396 e. The number of nitrogens with two attached hydrogens (primary N) is 2. The van der Waals surface area contributed by atoms with E-state index in [4.69, 9.17) is 16.2 Å². The highest BCUT2D eigenvalue weighted by Gasteiger charge is 2.63. The van der Waals surface area contributed by atoms with Crippen LogP contribution in [-0.2, 0) is 4.62 Å². The number of hydrogen-bond donors (Lipinski definition) is 2. The predicted octanol–water partition coefficient (Wildman–Crippen LogP) is 2.24. The van der Waals surface area contributed by atoms with E-state index in [-0.39, 0.29) is 0 Å². The Morgan fingerprint density at radius 2 is 1.35 bits per heavy atom. The lowest BCUT2D eigenvalue weighted by Gasteiger charge is -2.41. The van der Waals surface area contributed by atoms with Crippen LogP contribution in [0.4, 0.5) is 11.5 Å². The van der Waals surface area contributed by atoms with Crippen molar-refractivity contribution in [1.29, 1.82) is 0 Å². The van der Waals surface area contributed by atoms with Gasteiger partial charge < -0.3 is 5.73 Å². The molecule has 9 heteroatoms. The smallest absolute Gasteiger partial charge is 0.396 e. The van der Waals surface area contributed by atoms with E-state index in [2.05, 4.69) is 19.0 Å². The van der Waals surface area contributed by atoms with Crippen molar-refractivity contribution < 1.29 is 4.62 Å². The summed E-state index contributed by atoms with van der Waals surface area (Å²) < 4.78 is 14.4. The van der Waals surface area contributed by atoms with Crippen LogP contribution in [0, 0.1) is 0 Å². The molecule has 4 heterocycles. The van der Waals surface area contributed by atoms with Crippen LogP contribution in [0.2, 0.25) is 0 Å². The Balaban J connectivity index is 1.69. The summed E-state index contributed by atoms with van der Waals surface area (Å²) in [5.41, 5.74) is 6.65. The second kappa shape index (κ2) is 7.92. The topological polar surface area (TPSA) is 87.1 Å². The molecule has 26 heavy (non-hydrogen) atoms. The predicted molar refractivity (Wildman–Crippen MR) is 106 cm³/mol.